The molecule has 3 aliphatic rings. The molecular weight excluding hydrogens is 194 g/mol. The Balaban J connectivity index is 0.000000606. The molecule has 2 saturated heterocycles. The van der Waals surface area contributed by atoms with Gasteiger partial charge in [-0.05, 0) is 50.9 Å². The van der Waals surface area contributed by atoms with Gasteiger partial charge in [0, 0.05) is 18.6 Å². The lowest BCUT2D eigenvalue weighted by molar-refractivity contribution is -0.0287. The molecule has 1 nitrogen and oxygen atoms in total. The second kappa shape index (κ2) is 6.05. The van der Waals surface area contributed by atoms with Crippen LogP contribution in [0.25, 0.3) is 0 Å². The molecule has 3 rings (SSSR count). The third-order valence-electron chi connectivity index (χ3n) is 4.45. The van der Waals surface area contributed by atoms with Crippen LogP contribution in [0.2, 0.25) is 0 Å². The summed E-state index contributed by atoms with van der Waals surface area (Å²) >= 11 is 0. The highest BCUT2D eigenvalue weighted by Crippen LogP contribution is 2.43. The zero-order valence-electron chi connectivity index (χ0n) is 12.2. The lowest BCUT2D eigenvalue weighted by Crippen LogP contribution is -2.55. The summed E-state index contributed by atoms with van der Waals surface area (Å²) < 4.78 is 0. The van der Waals surface area contributed by atoms with Crippen molar-refractivity contribution in [2.24, 2.45) is 17.8 Å². The molecule has 2 heterocycles. The van der Waals surface area contributed by atoms with Crippen molar-refractivity contribution in [1.29, 1.82) is 0 Å². The maximum atomic E-state index is 2.74. The van der Waals surface area contributed by atoms with Crippen LogP contribution < -0.4 is 0 Å². The van der Waals surface area contributed by atoms with E-state index in [-0.39, 0.29) is 0 Å². The Morgan fingerprint density at radius 3 is 2.00 bits per heavy atom. The van der Waals surface area contributed by atoms with Crippen molar-refractivity contribution in [2.45, 2.75) is 72.9 Å². The highest BCUT2D eigenvalue weighted by molar-refractivity contribution is 4.94. The highest BCUT2D eigenvalue weighted by atomic mass is 15.2. The second-order valence-electron chi connectivity index (χ2n) is 5.93. The van der Waals surface area contributed by atoms with Gasteiger partial charge in [-0.15, -0.1) is 0 Å². The van der Waals surface area contributed by atoms with Gasteiger partial charge in [-0.2, -0.15) is 0 Å². The van der Waals surface area contributed by atoms with Crippen molar-refractivity contribution >= 4 is 0 Å². The van der Waals surface area contributed by atoms with Crippen molar-refractivity contribution in [2.75, 3.05) is 6.54 Å². The summed E-state index contributed by atoms with van der Waals surface area (Å²) in [4.78, 5) is 2.74. The minimum absolute atomic E-state index is 0.760. The van der Waals surface area contributed by atoms with E-state index < -0.39 is 0 Å². The Hall–Kier alpha value is -0.0400. The zero-order chi connectivity index (χ0) is 12.3. The third-order valence-corrected chi connectivity index (χ3v) is 4.45. The molecule has 0 amide bonds. The van der Waals surface area contributed by atoms with Gasteiger partial charge in [-0.1, -0.05) is 27.7 Å². The fourth-order valence-corrected chi connectivity index (χ4v) is 3.64. The molecule has 3 fully saturated rings. The van der Waals surface area contributed by atoms with Gasteiger partial charge >= 0.3 is 0 Å². The van der Waals surface area contributed by atoms with Crippen LogP contribution >= 0.6 is 0 Å². The largest absolute Gasteiger partial charge is 0.298 e. The summed E-state index contributed by atoms with van der Waals surface area (Å²) in [7, 11) is 0. The number of nitrogens with zero attached hydrogens (tertiary/aromatic N) is 1. The Morgan fingerprint density at radius 2 is 1.62 bits per heavy atom. The quantitative estimate of drug-likeness (QED) is 0.681. The Labute approximate surface area is 103 Å². The average Bonchev–Trinajstić information content (AvgIpc) is 2.31. The van der Waals surface area contributed by atoms with E-state index in [1.165, 1.54) is 25.8 Å². The number of rotatable bonds is 2. The maximum absolute atomic E-state index is 2.74. The molecular formula is C15H31N. The predicted octanol–water partition coefficient (Wildman–Crippen LogP) is 4.18. The summed E-state index contributed by atoms with van der Waals surface area (Å²) in [5, 5.41) is 0. The van der Waals surface area contributed by atoms with Crippen LogP contribution in [0.5, 0.6) is 0 Å². The molecule has 1 saturated carbocycles. The van der Waals surface area contributed by atoms with E-state index in [9.17, 15) is 0 Å². The fraction of sp³-hybridized carbons (Fsp3) is 1.00. The van der Waals surface area contributed by atoms with Gasteiger partial charge in [0.25, 0.3) is 0 Å². The molecule has 0 radical (unpaired) electrons. The molecule has 96 valence electrons. The van der Waals surface area contributed by atoms with E-state index in [0.717, 1.165) is 29.8 Å². The number of hydrogen-bond acceptors (Lipinski definition) is 1. The summed E-state index contributed by atoms with van der Waals surface area (Å²) in [6, 6.07) is 1.67. The lowest BCUT2D eigenvalue weighted by atomic mass is 9.67. The SMILES string of the molecule is CC.CC(C)C1CC2CCC1CN2C(C)C. The zero-order valence-corrected chi connectivity index (χ0v) is 12.2. The van der Waals surface area contributed by atoms with E-state index in [1.54, 1.807) is 0 Å². The second-order valence-corrected chi connectivity index (χ2v) is 5.93. The van der Waals surface area contributed by atoms with Gasteiger partial charge < -0.3 is 0 Å². The summed E-state index contributed by atoms with van der Waals surface area (Å²) in [6.45, 7) is 14.9. The van der Waals surface area contributed by atoms with Crippen molar-refractivity contribution in [3.8, 4) is 0 Å². The standard InChI is InChI=1S/C13H25N.C2H6/c1-9(2)13-7-12-6-5-11(13)8-14(12)10(3)4;1-2/h9-13H,5-8H2,1-4H3;1-2H3. The number of piperidine rings is 2. The minimum atomic E-state index is 0.760. The number of hydrogen-bond donors (Lipinski definition) is 0. The monoisotopic (exact) mass is 225 g/mol. The van der Waals surface area contributed by atoms with E-state index in [2.05, 4.69) is 32.6 Å². The lowest BCUT2D eigenvalue weighted by Gasteiger charge is -2.52. The Bertz CT molecular complexity index is 176. The molecule has 3 unspecified atom stereocenters. The van der Waals surface area contributed by atoms with Gasteiger partial charge in [0.05, 0.1) is 0 Å². The molecule has 1 aliphatic carbocycles. The normalized spacial score (nSPS) is 34.1. The van der Waals surface area contributed by atoms with E-state index in [0.29, 0.717) is 0 Å². The van der Waals surface area contributed by atoms with Gasteiger partial charge in [0.2, 0.25) is 0 Å². The minimum Gasteiger partial charge on any atom is -0.298 e. The van der Waals surface area contributed by atoms with Crippen molar-refractivity contribution in [3.05, 3.63) is 0 Å². The topological polar surface area (TPSA) is 3.24 Å². The predicted molar refractivity (Wildman–Crippen MR) is 72.6 cm³/mol. The van der Waals surface area contributed by atoms with E-state index >= 15 is 0 Å². The first-order chi connectivity index (χ1) is 7.59. The average molecular weight is 225 g/mol. The van der Waals surface area contributed by atoms with Crippen LogP contribution in [0.15, 0.2) is 0 Å². The maximum Gasteiger partial charge on any atom is 0.0101 e. The van der Waals surface area contributed by atoms with Crippen LogP contribution in [0.3, 0.4) is 0 Å². The molecule has 0 aromatic carbocycles. The molecule has 0 aromatic heterocycles. The molecule has 0 aromatic rings. The van der Waals surface area contributed by atoms with Crippen molar-refractivity contribution < 1.29 is 0 Å². The molecule has 0 N–H and O–H groups in total. The summed E-state index contributed by atoms with van der Waals surface area (Å²) in [5.41, 5.74) is 0. The first-order valence-corrected chi connectivity index (χ1v) is 7.35. The van der Waals surface area contributed by atoms with Gasteiger partial charge in [-0.25, -0.2) is 0 Å². The summed E-state index contributed by atoms with van der Waals surface area (Å²) in [6.07, 6.45) is 4.43. The number of fused-ring (bicyclic) bond motifs is 3. The van der Waals surface area contributed by atoms with Crippen molar-refractivity contribution in [3.63, 3.8) is 0 Å². The van der Waals surface area contributed by atoms with E-state index in [4.69, 9.17) is 0 Å². The van der Waals surface area contributed by atoms with Crippen LogP contribution in [-0.4, -0.2) is 23.5 Å². The first-order valence-electron chi connectivity index (χ1n) is 7.35. The van der Waals surface area contributed by atoms with Crippen LogP contribution in [0.1, 0.15) is 60.8 Å². The van der Waals surface area contributed by atoms with Gasteiger partial charge in [0.15, 0.2) is 0 Å². The van der Waals surface area contributed by atoms with Gasteiger partial charge in [-0.3, -0.25) is 4.90 Å². The van der Waals surface area contributed by atoms with Crippen LogP contribution in [-0.2, 0) is 0 Å². The van der Waals surface area contributed by atoms with E-state index in [1.807, 2.05) is 13.8 Å². The molecule has 1 heteroatoms. The Kier molecular flexibility index (Phi) is 5.30. The Morgan fingerprint density at radius 1 is 1.00 bits per heavy atom. The fourth-order valence-electron chi connectivity index (χ4n) is 3.64. The summed E-state index contributed by atoms with van der Waals surface area (Å²) in [5.74, 6) is 2.92. The molecule has 2 bridgehead atoms. The molecule has 2 aliphatic heterocycles. The molecule has 0 spiro atoms. The van der Waals surface area contributed by atoms with Crippen molar-refractivity contribution in [1.82, 2.24) is 4.90 Å². The smallest absolute Gasteiger partial charge is 0.0101 e. The van der Waals surface area contributed by atoms with Gasteiger partial charge in [0.1, 0.15) is 0 Å². The molecule has 16 heavy (non-hydrogen) atoms. The van der Waals surface area contributed by atoms with Crippen LogP contribution in [0, 0.1) is 17.8 Å². The third kappa shape index (κ3) is 2.80. The highest BCUT2D eigenvalue weighted by Gasteiger charge is 2.41. The van der Waals surface area contributed by atoms with Crippen LogP contribution in [0.4, 0.5) is 0 Å². The first kappa shape index (κ1) is 14.0. The molecule has 3 atom stereocenters.